The van der Waals surface area contributed by atoms with E-state index in [0.717, 1.165) is 12.1 Å². The van der Waals surface area contributed by atoms with Crippen molar-refractivity contribution in [2.24, 2.45) is 5.92 Å². The number of rotatable bonds is 4. The highest BCUT2D eigenvalue weighted by molar-refractivity contribution is 7.89. The Hall–Kier alpha value is -2.33. The standard InChI is InChI=1S/C17H19F2N3O4S/c1-10-16(11(2)26-21-10)27(24,25)22-5-3-4-12(9-22)17(23)20-15-7-13(18)6-14(19)8-15/h6-8,12H,3-5,9H2,1-2H3,(H,20,23)/t12-/m0/s1. The largest absolute Gasteiger partial charge is 0.360 e. The van der Waals surface area contributed by atoms with Gasteiger partial charge in [0.1, 0.15) is 22.2 Å². The lowest BCUT2D eigenvalue weighted by atomic mass is 9.98. The summed E-state index contributed by atoms with van der Waals surface area (Å²) < 4.78 is 58.5. The smallest absolute Gasteiger partial charge is 0.248 e. The van der Waals surface area contributed by atoms with Crippen molar-refractivity contribution in [1.29, 1.82) is 0 Å². The number of halogens is 2. The summed E-state index contributed by atoms with van der Waals surface area (Å²) in [5, 5.41) is 6.12. The van der Waals surface area contributed by atoms with E-state index in [0.29, 0.717) is 18.9 Å². The Labute approximate surface area is 155 Å². The van der Waals surface area contributed by atoms with E-state index in [9.17, 15) is 22.0 Å². The van der Waals surface area contributed by atoms with Crippen LogP contribution in [0.25, 0.3) is 0 Å². The third-order valence-electron chi connectivity index (χ3n) is 4.45. The van der Waals surface area contributed by atoms with Crippen LogP contribution in [0.15, 0.2) is 27.6 Å². The zero-order valence-electron chi connectivity index (χ0n) is 14.8. The van der Waals surface area contributed by atoms with Crippen molar-refractivity contribution in [3.8, 4) is 0 Å². The van der Waals surface area contributed by atoms with E-state index in [1.165, 1.54) is 18.2 Å². The predicted octanol–water partition coefficient (Wildman–Crippen LogP) is 2.61. The Morgan fingerprint density at radius 3 is 2.52 bits per heavy atom. The van der Waals surface area contributed by atoms with Crippen molar-refractivity contribution in [1.82, 2.24) is 9.46 Å². The van der Waals surface area contributed by atoms with Gasteiger partial charge in [0.15, 0.2) is 5.76 Å². The summed E-state index contributed by atoms with van der Waals surface area (Å²) in [5.41, 5.74) is 0.248. The van der Waals surface area contributed by atoms with E-state index in [4.69, 9.17) is 4.52 Å². The van der Waals surface area contributed by atoms with Crippen molar-refractivity contribution in [2.75, 3.05) is 18.4 Å². The third kappa shape index (κ3) is 4.01. The van der Waals surface area contributed by atoms with Gasteiger partial charge >= 0.3 is 0 Å². The molecule has 1 aliphatic heterocycles. The average molecular weight is 399 g/mol. The number of aryl methyl sites for hydroxylation is 2. The molecule has 1 N–H and O–H groups in total. The van der Waals surface area contributed by atoms with Gasteiger partial charge in [0.2, 0.25) is 15.9 Å². The molecule has 2 heterocycles. The maximum absolute atomic E-state index is 13.3. The summed E-state index contributed by atoms with van der Waals surface area (Å²) in [7, 11) is -3.86. The molecular weight excluding hydrogens is 380 g/mol. The lowest BCUT2D eigenvalue weighted by Crippen LogP contribution is -2.43. The van der Waals surface area contributed by atoms with Gasteiger partial charge in [0, 0.05) is 24.8 Å². The number of aromatic nitrogens is 1. The van der Waals surface area contributed by atoms with Crippen LogP contribution in [0.4, 0.5) is 14.5 Å². The minimum absolute atomic E-state index is 0.00996. The van der Waals surface area contributed by atoms with Crippen molar-refractivity contribution >= 4 is 21.6 Å². The number of nitrogens with zero attached hydrogens (tertiary/aromatic N) is 2. The number of sulfonamides is 1. The first-order valence-corrected chi connectivity index (χ1v) is 9.82. The predicted molar refractivity (Wildman–Crippen MR) is 92.4 cm³/mol. The highest BCUT2D eigenvalue weighted by atomic mass is 32.2. The molecule has 0 saturated carbocycles. The van der Waals surface area contributed by atoms with Crippen LogP contribution in [0.1, 0.15) is 24.3 Å². The van der Waals surface area contributed by atoms with Gasteiger partial charge in [-0.15, -0.1) is 0 Å². The van der Waals surface area contributed by atoms with Crippen LogP contribution in [0.3, 0.4) is 0 Å². The summed E-state index contributed by atoms with van der Waals surface area (Å²) in [4.78, 5) is 12.5. The number of hydrogen-bond donors (Lipinski definition) is 1. The number of piperidine rings is 1. The van der Waals surface area contributed by atoms with Crippen LogP contribution in [-0.2, 0) is 14.8 Å². The van der Waals surface area contributed by atoms with Crippen molar-refractivity contribution in [3.05, 3.63) is 41.3 Å². The number of anilines is 1. The molecule has 1 aliphatic rings. The number of nitrogens with one attached hydrogen (secondary N) is 1. The van der Waals surface area contributed by atoms with E-state index in [1.54, 1.807) is 0 Å². The van der Waals surface area contributed by atoms with Gasteiger partial charge in [-0.2, -0.15) is 4.31 Å². The Kier molecular flexibility index (Phi) is 5.29. The van der Waals surface area contributed by atoms with Crippen molar-refractivity contribution in [2.45, 2.75) is 31.6 Å². The molecule has 3 rings (SSSR count). The maximum atomic E-state index is 13.3. The molecule has 0 bridgehead atoms. The summed E-state index contributed by atoms with van der Waals surface area (Å²) in [6, 6.07) is 2.71. The monoisotopic (exact) mass is 399 g/mol. The molecule has 27 heavy (non-hydrogen) atoms. The van der Waals surface area contributed by atoms with Gasteiger partial charge in [-0.1, -0.05) is 5.16 Å². The molecule has 1 atom stereocenters. The van der Waals surface area contributed by atoms with Crippen LogP contribution < -0.4 is 5.32 Å². The van der Waals surface area contributed by atoms with Crippen molar-refractivity contribution < 1.29 is 26.5 Å². The zero-order chi connectivity index (χ0) is 19.8. The summed E-state index contributed by atoms with van der Waals surface area (Å²) >= 11 is 0. The molecule has 1 saturated heterocycles. The molecule has 1 fully saturated rings. The number of amides is 1. The normalized spacial score (nSPS) is 18.4. The number of hydrogen-bond acceptors (Lipinski definition) is 5. The fraction of sp³-hybridized carbons (Fsp3) is 0.412. The van der Waals surface area contributed by atoms with Gasteiger partial charge in [-0.25, -0.2) is 17.2 Å². The Balaban J connectivity index is 1.76. The highest BCUT2D eigenvalue weighted by Crippen LogP contribution is 2.28. The molecule has 7 nitrogen and oxygen atoms in total. The molecule has 1 aromatic carbocycles. The Morgan fingerprint density at radius 1 is 1.26 bits per heavy atom. The van der Waals surface area contributed by atoms with Crippen LogP contribution in [0.2, 0.25) is 0 Å². The fourth-order valence-electron chi connectivity index (χ4n) is 3.22. The quantitative estimate of drug-likeness (QED) is 0.853. The first-order valence-electron chi connectivity index (χ1n) is 8.38. The van der Waals surface area contributed by atoms with E-state index in [1.807, 2.05) is 0 Å². The number of carbonyl (C=O) groups excluding carboxylic acids is 1. The molecule has 1 amide bonds. The number of carbonyl (C=O) groups is 1. The van der Waals surface area contributed by atoms with Gasteiger partial charge < -0.3 is 9.84 Å². The third-order valence-corrected chi connectivity index (χ3v) is 6.56. The zero-order valence-corrected chi connectivity index (χ0v) is 15.6. The molecule has 0 unspecified atom stereocenters. The van der Waals surface area contributed by atoms with Crippen LogP contribution in [0, 0.1) is 31.4 Å². The lowest BCUT2D eigenvalue weighted by molar-refractivity contribution is -0.120. The molecule has 0 radical (unpaired) electrons. The first kappa shape index (κ1) is 19.4. The SMILES string of the molecule is Cc1noc(C)c1S(=O)(=O)N1CCC[C@H](C(=O)Nc2cc(F)cc(F)c2)C1. The Morgan fingerprint density at radius 2 is 1.93 bits per heavy atom. The minimum Gasteiger partial charge on any atom is -0.360 e. The number of benzene rings is 1. The molecule has 2 aromatic rings. The topological polar surface area (TPSA) is 92.5 Å². The molecule has 146 valence electrons. The second kappa shape index (κ2) is 7.35. The maximum Gasteiger partial charge on any atom is 0.248 e. The van der Waals surface area contributed by atoms with Crippen LogP contribution in [0.5, 0.6) is 0 Å². The van der Waals surface area contributed by atoms with Crippen LogP contribution >= 0.6 is 0 Å². The lowest BCUT2D eigenvalue weighted by Gasteiger charge is -2.31. The fourth-order valence-corrected chi connectivity index (χ4v) is 5.03. The second-order valence-corrected chi connectivity index (χ2v) is 8.38. The average Bonchev–Trinajstić information content (AvgIpc) is 2.93. The van der Waals surface area contributed by atoms with Crippen LogP contribution in [-0.4, -0.2) is 36.9 Å². The molecule has 10 heteroatoms. The summed E-state index contributed by atoms with van der Waals surface area (Å²) in [6.45, 7) is 3.29. The highest BCUT2D eigenvalue weighted by Gasteiger charge is 2.36. The minimum atomic E-state index is -3.86. The molecule has 0 aliphatic carbocycles. The van der Waals surface area contributed by atoms with E-state index >= 15 is 0 Å². The van der Waals surface area contributed by atoms with E-state index in [2.05, 4.69) is 10.5 Å². The van der Waals surface area contributed by atoms with Gasteiger partial charge in [-0.05, 0) is 38.8 Å². The van der Waals surface area contributed by atoms with E-state index < -0.39 is 33.5 Å². The Bertz CT molecular complexity index is 935. The first-order chi connectivity index (χ1) is 12.7. The van der Waals surface area contributed by atoms with Gasteiger partial charge in [-0.3, -0.25) is 4.79 Å². The second-order valence-electron chi connectivity index (χ2n) is 6.50. The van der Waals surface area contributed by atoms with Gasteiger partial charge in [0.25, 0.3) is 0 Å². The molecule has 1 aromatic heterocycles. The van der Waals surface area contributed by atoms with Gasteiger partial charge in [0.05, 0.1) is 5.92 Å². The molecular formula is C17H19F2N3O4S. The van der Waals surface area contributed by atoms with Crippen molar-refractivity contribution in [3.63, 3.8) is 0 Å². The summed E-state index contributed by atoms with van der Waals surface area (Å²) in [6.07, 6.45) is 0.954. The molecule has 0 spiro atoms. The van der Waals surface area contributed by atoms with E-state index in [-0.39, 0.29) is 35.1 Å². The summed E-state index contributed by atoms with van der Waals surface area (Å²) in [5.74, 6) is -2.55.